The molecule has 6 heteroatoms. The molecule has 0 radical (unpaired) electrons. The van der Waals surface area contributed by atoms with Crippen LogP contribution in [0, 0.1) is 56.7 Å². The summed E-state index contributed by atoms with van der Waals surface area (Å²) >= 11 is 0. The van der Waals surface area contributed by atoms with Crippen LogP contribution in [0.4, 0.5) is 0 Å². The molecule has 4 saturated carbocycles. The van der Waals surface area contributed by atoms with Gasteiger partial charge in [-0.1, -0.05) is 53.2 Å². The van der Waals surface area contributed by atoms with Gasteiger partial charge in [-0.3, -0.25) is 14.4 Å². The number of carbonyl (C=O) groups excluding carboxylic acids is 3. The van der Waals surface area contributed by atoms with Gasteiger partial charge < -0.3 is 14.2 Å². The van der Waals surface area contributed by atoms with Gasteiger partial charge >= 0.3 is 17.9 Å². The van der Waals surface area contributed by atoms with Crippen molar-refractivity contribution in [2.75, 3.05) is 14.2 Å². The Balaban J connectivity index is 1.65. The lowest BCUT2D eigenvalue weighted by Crippen LogP contribution is -2.68. The summed E-state index contributed by atoms with van der Waals surface area (Å²) in [6.45, 7) is 15.5. The molecule has 0 saturated heterocycles. The molecule has 10 atom stereocenters. The molecule has 0 aromatic carbocycles. The zero-order valence-electron chi connectivity index (χ0n) is 26.4. The molecule has 40 heavy (non-hydrogen) atoms. The van der Waals surface area contributed by atoms with Crippen molar-refractivity contribution in [2.45, 2.75) is 112 Å². The van der Waals surface area contributed by atoms with Gasteiger partial charge in [0.15, 0.2) is 0 Å². The molecule has 0 aliphatic heterocycles. The molecule has 5 rings (SSSR count). The Hall–Kier alpha value is -1.85. The number of allylic oxidation sites excluding steroid dienone is 1. The Morgan fingerprint density at radius 1 is 0.825 bits per heavy atom. The highest BCUT2D eigenvalue weighted by Crippen LogP contribution is 2.76. The van der Waals surface area contributed by atoms with E-state index in [1.165, 1.54) is 26.7 Å². The quantitative estimate of drug-likeness (QED) is 0.214. The second-order valence-corrected chi connectivity index (χ2v) is 15.3. The van der Waals surface area contributed by atoms with Crippen molar-refractivity contribution in [1.82, 2.24) is 0 Å². The Labute approximate surface area is 241 Å². The predicted molar refractivity (Wildman–Crippen MR) is 153 cm³/mol. The normalized spacial score (nSPS) is 47.3. The van der Waals surface area contributed by atoms with Crippen LogP contribution in [0.1, 0.15) is 106 Å². The number of esters is 3. The molecular formula is C34H52O6. The molecule has 0 amide bonds. The number of rotatable bonds is 3. The second-order valence-electron chi connectivity index (χ2n) is 15.3. The molecular weight excluding hydrogens is 504 g/mol. The van der Waals surface area contributed by atoms with E-state index >= 15 is 0 Å². The Morgan fingerprint density at radius 3 is 2.12 bits per heavy atom. The van der Waals surface area contributed by atoms with Crippen molar-refractivity contribution in [1.29, 1.82) is 0 Å². The summed E-state index contributed by atoms with van der Waals surface area (Å²) in [5.41, 5.74) is -0.589. The van der Waals surface area contributed by atoms with E-state index in [4.69, 9.17) is 14.2 Å². The summed E-state index contributed by atoms with van der Waals surface area (Å²) in [4.78, 5) is 39.9. The van der Waals surface area contributed by atoms with E-state index in [-0.39, 0.29) is 52.1 Å². The highest BCUT2D eigenvalue weighted by molar-refractivity contribution is 5.86. The van der Waals surface area contributed by atoms with E-state index < -0.39 is 10.8 Å². The fourth-order valence-corrected chi connectivity index (χ4v) is 11.7. The van der Waals surface area contributed by atoms with Crippen LogP contribution in [-0.4, -0.2) is 38.2 Å². The lowest BCUT2D eigenvalue weighted by molar-refractivity contribution is -0.222. The Kier molecular flexibility index (Phi) is 7.11. The van der Waals surface area contributed by atoms with Crippen LogP contribution in [0.15, 0.2) is 11.6 Å². The first-order chi connectivity index (χ1) is 18.7. The van der Waals surface area contributed by atoms with E-state index in [0.29, 0.717) is 30.6 Å². The molecule has 0 aromatic heterocycles. The lowest BCUT2D eigenvalue weighted by Gasteiger charge is -2.70. The van der Waals surface area contributed by atoms with Crippen LogP contribution in [0.2, 0.25) is 0 Å². The molecule has 0 aromatic rings. The summed E-state index contributed by atoms with van der Waals surface area (Å²) in [7, 11) is 3.05. The number of hydrogen-bond acceptors (Lipinski definition) is 6. The highest BCUT2D eigenvalue weighted by atomic mass is 16.5. The molecule has 5 aliphatic carbocycles. The van der Waals surface area contributed by atoms with Crippen molar-refractivity contribution in [3.8, 4) is 0 Å². The summed E-state index contributed by atoms with van der Waals surface area (Å²) < 4.78 is 17.1. The molecule has 5 aliphatic rings. The van der Waals surface area contributed by atoms with Crippen molar-refractivity contribution in [2.24, 2.45) is 56.7 Å². The number of carbonyl (C=O) groups is 3. The van der Waals surface area contributed by atoms with Gasteiger partial charge in [-0.05, 0) is 98.2 Å². The van der Waals surface area contributed by atoms with Crippen molar-refractivity contribution in [3.63, 3.8) is 0 Å². The molecule has 0 unspecified atom stereocenters. The topological polar surface area (TPSA) is 78.9 Å². The number of fused-ring (bicyclic) bond motifs is 7. The summed E-state index contributed by atoms with van der Waals surface area (Å²) in [5, 5.41) is 0. The van der Waals surface area contributed by atoms with Gasteiger partial charge in [0.2, 0.25) is 0 Å². The number of hydrogen-bond donors (Lipinski definition) is 0. The molecule has 0 bridgehead atoms. The van der Waals surface area contributed by atoms with E-state index in [0.717, 1.165) is 44.9 Å². The van der Waals surface area contributed by atoms with Crippen molar-refractivity contribution in [3.05, 3.63) is 11.6 Å². The fraction of sp³-hybridized carbons (Fsp3) is 0.853. The highest BCUT2D eigenvalue weighted by Gasteiger charge is 2.73. The largest absolute Gasteiger partial charge is 0.469 e. The first-order valence-electron chi connectivity index (χ1n) is 15.7. The average molecular weight is 557 g/mol. The smallest absolute Gasteiger partial charge is 0.316 e. The summed E-state index contributed by atoms with van der Waals surface area (Å²) in [5.74, 6) is 0.962. The zero-order chi connectivity index (χ0) is 29.5. The Morgan fingerprint density at radius 2 is 1.50 bits per heavy atom. The first-order valence-corrected chi connectivity index (χ1v) is 15.7. The third kappa shape index (κ3) is 3.62. The third-order valence-corrected chi connectivity index (χ3v) is 13.8. The van der Waals surface area contributed by atoms with E-state index in [1.54, 1.807) is 0 Å². The van der Waals surface area contributed by atoms with E-state index in [2.05, 4.69) is 47.6 Å². The maximum atomic E-state index is 14.3. The second kappa shape index (κ2) is 9.59. The minimum Gasteiger partial charge on any atom is -0.469 e. The van der Waals surface area contributed by atoms with Gasteiger partial charge in [-0.2, -0.15) is 0 Å². The zero-order valence-corrected chi connectivity index (χ0v) is 26.4. The maximum absolute atomic E-state index is 14.3. The number of methoxy groups -OCH3 is 2. The van der Waals surface area contributed by atoms with Gasteiger partial charge in [-0.25, -0.2) is 0 Å². The van der Waals surface area contributed by atoms with Gasteiger partial charge in [0, 0.05) is 12.3 Å². The molecule has 0 heterocycles. The van der Waals surface area contributed by atoms with Gasteiger partial charge in [-0.15, -0.1) is 0 Å². The number of ether oxygens (including phenoxy) is 3. The van der Waals surface area contributed by atoms with Gasteiger partial charge in [0.25, 0.3) is 0 Å². The first kappa shape index (κ1) is 29.6. The molecule has 0 spiro atoms. The lowest BCUT2D eigenvalue weighted by atomic mass is 9.33. The molecule has 224 valence electrons. The minimum absolute atomic E-state index is 0.00143. The van der Waals surface area contributed by atoms with Crippen LogP contribution in [0.25, 0.3) is 0 Å². The summed E-state index contributed by atoms with van der Waals surface area (Å²) in [6.07, 6.45) is 10.0. The van der Waals surface area contributed by atoms with Crippen LogP contribution in [0.3, 0.4) is 0 Å². The SMILES string of the molecule is COC(=O)[C@]12CC[C@H](C)[C@H](C)[C@@H]1C1=CC[C@@H]3[C@]4(C)CC[C@H](OC(C)=O)C(C)(C)[C@@H]4CC[C@@]3(C)[C@]1(C(=O)OC)CC2. The monoisotopic (exact) mass is 556 g/mol. The van der Waals surface area contributed by atoms with Gasteiger partial charge in [0.1, 0.15) is 6.10 Å². The summed E-state index contributed by atoms with van der Waals surface area (Å²) in [6, 6.07) is 0. The van der Waals surface area contributed by atoms with Gasteiger partial charge in [0.05, 0.1) is 25.0 Å². The molecule has 4 fully saturated rings. The standard InChI is InChI=1S/C34H52O6/c1-20-12-17-33(28(36)38-8)18-19-34(29(37)39-9)23(27(33)21(20)2)10-11-25-31(6)15-14-26(40-22(3)35)30(4,5)24(31)13-16-32(25,34)7/h10,20-21,24-27H,11-19H2,1-9H3/t20-,21-,24-,25+,26-,27+,31+,32+,33-,34+/m0/s1. The minimum atomic E-state index is -0.747. The van der Waals surface area contributed by atoms with Crippen LogP contribution < -0.4 is 0 Å². The van der Waals surface area contributed by atoms with E-state index in [9.17, 15) is 14.4 Å². The van der Waals surface area contributed by atoms with Crippen molar-refractivity contribution < 1.29 is 28.6 Å². The molecule has 6 nitrogen and oxygen atoms in total. The third-order valence-electron chi connectivity index (χ3n) is 13.8. The Bertz CT molecular complexity index is 1110. The predicted octanol–water partition coefficient (Wildman–Crippen LogP) is 6.90. The fourth-order valence-electron chi connectivity index (χ4n) is 11.7. The van der Waals surface area contributed by atoms with Crippen LogP contribution in [0.5, 0.6) is 0 Å². The molecule has 0 N–H and O–H groups in total. The van der Waals surface area contributed by atoms with Crippen LogP contribution >= 0.6 is 0 Å². The maximum Gasteiger partial charge on any atom is 0.316 e. The average Bonchev–Trinajstić information content (AvgIpc) is 2.90. The van der Waals surface area contributed by atoms with Crippen molar-refractivity contribution >= 4 is 17.9 Å². The van der Waals surface area contributed by atoms with Crippen LogP contribution in [-0.2, 0) is 28.6 Å². The van der Waals surface area contributed by atoms with E-state index in [1.807, 2.05) is 0 Å².